The van der Waals surface area contributed by atoms with Crippen molar-refractivity contribution in [3.8, 4) is 0 Å². The number of halogens is 4. The van der Waals surface area contributed by atoms with Crippen molar-refractivity contribution in [1.82, 2.24) is 0 Å². The summed E-state index contributed by atoms with van der Waals surface area (Å²) in [7, 11) is 0. The lowest BCUT2D eigenvalue weighted by Crippen LogP contribution is -1.95. The van der Waals surface area contributed by atoms with E-state index in [2.05, 4.69) is 12.2 Å². The highest BCUT2D eigenvalue weighted by molar-refractivity contribution is 7.79. The van der Waals surface area contributed by atoms with Crippen molar-refractivity contribution in [2.75, 3.05) is 0 Å². The van der Waals surface area contributed by atoms with E-state index in [4.69, 9.17) is 11.6 Å². The van der Waals surface area contributed by atoms with Gasteiger partial charge in [0.2, 0.25) is 0 Å². The number of hydrogen-bond acceptors (Lipinski definition) is 1. The Kier molecular flexibility index (Phi) is 2.69. The maximum Gasteiger partial charge on any atom is 0.180 e. The summed E-state index contributed by atoms with van der Waals surface area (Å²) < 4.78 is 37.8. The molecule has 0 heterocycles. The van der Waals surface area contributed by atoms with E-state index >= 15 is 0 Å². The summed E-state index contributed by atoms with van der Waals surface area (Å²) in [6.45, 7) is 0. The number of benzene rings is 1. The third-order valence-electron chi connectivity index (χ3n) is 1.26. The molecular formula is C7H2ClF3S. The second kappa shape index (κ2) is 3.41. The van der Waals surface area contributed by atoms with Gasteiger partial charge in [-0.3, -0.25) is 0 Å². The molecule has 0 saturated carbocycles. The van der Waals surface area contributed by atoms with Crippen LogP contribution >= 0.6 is 23.8 Å². The molecule has 0 fully saturated rings. The van der Waals surface area contributed by atoms with Gasteiger partial charge >= 0.3 is 0 Å². The van der Waals surface area contributed by atoms with Crippen LogP contribution in [0.1, 0.15) is 5.56 Å². The van der Waals surface area contributed by atoms with Crippen molar-refractivity contribution in [3.05, 3.63) is 34.1 Å². The number of rotatable bonds is 1. The highest BCUT2D eigenvalue weighted by atomic mass is 35.5. The second-order valence-electron chi connectivity index (χ2n) is 2.01. The Morgan fingerprint density at radius 3 is 2.33 bits per heavy atom. The standard InChI is InChI=1S/C7H2ClF3S/c8-5-6(10)3(2-12)1-4(9)7(5)11/h1-2H. The van der Waals surface area contributed by atoms with E-state index in [1.54, 1.807) is 0 Å². The average molecular weight is 211 g/mol. The molecule has 0 aliphatic heterocycles. The Bertz CT molecular complexity index is 338. The fourth-order valence-electron chi connectivity index (χ4n) is 0.677. The first-order valence-corrected chi connectivity index (χ1v) is 3.71. The zero-order chi connectivity index (χ0) is 9.30. The summed E-state index contributed by atoms with van der Waals surface area (Å²) in [5.74, 6) is -3.64. The average Bonchev–Trinajstić information content (AvgIpc) is 2.08. The summed E-state index contributed by atoms with van der Waals surface area (Å²) in [4.78, 5) is 0. The van der Waals surface area contributed by atoms with Crippen molar-refractivity contribution in [1.29, 1.82) is 0 Å². The van der Waals surface area contributed by atoms with Gasteiger partial charge in [0.05, 0.1) is 0 Å². The molecule has 0 nitrogen and oxygen atoms in total. The van der Waals surface area contributed by atoms with E-state index in [9.17, 15) is 13.2 Å². The molecule has 5 heteroatoms. The topological polar surface area (TPSA) is 0 Å². The van der Waals surface area contributed by atoms with Crippen molar-refractivity contribution in [3.63, 3.8) is 0 Å². The maximum atomic E-state index is 12.8. The summed E-state index contributed by atoms with van der Waals surface area (Å²) in [6.07, 6.45) is 0. The van der Waals surface area contributed by atoms with Gasteiger partial charge in [0.1, 0.15) is 5.02 Å². The quantitative estimate of drug-likeness (QED) is 0.390. The lowest BCUT2D eigenvalue weighted by Gasteiger charge is -2.00. The number of hydrogen-bond donors (Lipinski definition) is 0. The van der Waals surface area contributed by atoms with E-state index in [0.29, 0.717) is 6.07 Å². The largest absolute Gasteiger partial charge is 0.205 e. The van der Waals surface area contributed by atoms with E-state index in [0.717, 1.165) is 5.37 Å². The monoisotopic (exact) mass is 210 g/mol. The first-order valence-electron chi connectivity index (χ1n) is 2.86. The van der Waals surface area contributed by atoms with Crippen LogP contribution in [0.15, 0.2) is 6.07 Å². The van der Waals surface area contributed by atoms with Crippen LogP contribution in [0.5, 0.6) is 0 Å². The SMILES string of the molecule is Fc1cc(C=S)c(F)c(Cl)c1F. The predicted octanol–water partition coefficient (Wildman–Crippen LogP) is 3.11. The molecule has 0 bridgehead atoms. The summed E-state index contributed by atoms with van der Waals surface area (Å²) >= 11 is 9.47. The third kappa shape index (κ3) is 1.44. The fourth-order valence-corrected chi connectivity index (χ4v) is 1.05. The van der Waals surface area contributed by atoms with Crippen LogP contribution in [0.3, 0.4) is 0 Å². The van der Waals surface area contributed by atoms with Crippen LogP contribution < -0.4 is 0 Å². The van der Waals surface area contributed by atoms with Crippen molar-refractivity contribution < 1.29 is 13.2 Å². The van der Waals surface area contributed by atoms with Gasteiger partial charge in [-0.15, -0.1) is 0 Å². The molecule has 0 atom stereocenters. The van der Waals surface area contributed by atoms with Crippen LogP contribution in [0.4, 0.5) is 13.2 Å². The minimum atomic E-state index is -1.39. The first kappa shape index (κ1) is 9.48. The Labute approximate surface area is 77.0 Å². The summed E-state index contributed by atoms with van der Waals surface area (Å²) in [5, 5.41) is 0.0232. The van der Waals surface area contributed by atoms with Crippen LogP contribution in [0.25, 0.3) is 0 Å². The first-order chi connectivity index (χ1) is 5.57. The van der Waals surface area contributed by atoms with Crippen LogP contribution in [-0.4, -0.2) is 5.37 Å². The van der Waals surface area contributed by atoms with Crippen LogP contribution in [-0.2, 0) is 0 Å². The van der Waals surface area contributed by atoms with Gasteiger partial charge < -0.3 is 0 Å². The fraction of sp³-hybridized carbons (Fsp3) is 0. The summed E-state index contributed by atoms with van der Waals surface area (Å²) in [6, 6.07) is 0.656. The molecule has 1 rings (SSSR count). The predicted molar refractivity (Wildman–Crippen MR) is 44.1 cm³/mol. The van der Waals surface area contributed by atoms with Gasteiger partial charge in [0.15, 0.2) is 17.5 Å². The van der Waals surface area contributed by atoms with E-state index in [1.165, 1.54) is 0 Å². The molecule has 0 aliphatic rings. The van der Waals surface area contributed by atoms with E-state index in [-0.39, 0.29) is 5.56 Å². The Morgan fingerprint density at radius 2 is 1.83 bits per heavy atom. The van der Waals surface area contributed by atoms with Crippen molar-refractivity contribution in [2.24, 2.45) is 0 Å². The molecule has 64 valence electrons. The smallest absolute Gasteiger partial charge is 0.180 e. The molecule has 1 aromatic rings. The Morgan fingerprint density at radius 1 is 1.25 bits per heavy atom. The molecule has 1 aromatic carbocycles. The van der Waals surface area contributed by atoms with E-state index in [1.807, 2.05) is 0 Å². The Balaban J connectivity index is 3.49. The number of thiocarbonyl (C=S) groups is 1. The summed E-state index contributed by atoms with van der Waals surface area (Å²) in [5.41, 5.74) is -0.228. The maximum absolute atomic E-state index is 12.8. The van der Waals surface area contributed by atoms with Gasteiger partial charge in [0, 0.05) is 10.9 Å². The zero-order valence-corrected chi connectivity index (χ0v) is 7.15. The highest BCUT2D eigenvalue weighted by Crippen LogP contribution is 2.23. The minimum Gasteiger partial charge on any atom is -0.205 e. The molecule has 0 aromatic heterocycles. The Hall–Kier alpha value is -0.610. The van der Waals surface area contributed by atoms with Crippen LogP contribution in [0, 0.1) is 17.5 Å². The second-order valence-corrected chi connectivity index (χ2v) is 2.62. The highest BCUT2D eigenvalue weighted by Gasteiger charge is 2.15. The molecule has 0 amide bonds. The third-order valence-corrected chi connectivity index (χ3v) is 1.84. The van der Waals surface area contributed by atoms with Gasteiger partial charge in [-0.05, 0) is 6.07 Å². The molecule has 0 saturated heterocycles. The van der Waals surface area contributed by atoms with Crippen LogP contribution in [0.2, 0.25) is 5.02 Å². The van der Waals surface area contributed by atoms with E-state index < -0.39 is 22.5 Å². The van der Waals surface area contributed by atoms with Crippen molar-refractivity contribution >= 4 is 29.2 Å². The lowest BCUT2D eigenvalue weighted by atomic mass is 10.2. The lowest BCUT2D eigenvalue weighted by molar-refractivity contribution is 0.495. The van der Waals surface area contributed by atoms with Crippen molar-refractivity contribution in [2.45, 2.75) is 0 Å². The van der Waals surface area contributed by atoms with Gasteiger partial charge in [-0.1, -0.05) is 23.8 Å². The normalized spacial score (nSPS) is 10.0. The zero-order valence-electron chi connectivity index (χ0n) is 5.57. The molecular weight excluding hydrogens is 209 g/mol. The molecule has 0 aliphatic carbocycles. The minimum absolute atomic E-state index is 0.228. The molecule has 0 radical (unpaired) electrons. The van der Waals surface area contributed by atoms with Gasteiger partial charge in [-0.25, -0.2) is 13.2 Å². The van der Waals surface area contributed by atoms with Gasteiger partial charge in [-0.2, -0.15) is 0 Å². The molecule has 12 heavy (non-hydrogen) atoms. The molecule has 0 unspecified atom stereocenters. The molecule has 0 spiro atoms. The molecule has 0 N–H and O–H groups in total. The van der Waals surface area contributed by atoms with Gasteiger partial charge in [0.25, 0.3) is 0 Å².